The Labute approximate surface area is 159 Å². The Morgan fingerprint density at radius 2 is 2.04 bits per heavy atom. The molecule has 3 rings (SSSR count). The van der Waals surface area contributed by atoms with Crippen LogP contribution in [0.2, 0.25) is 0 Å². The zero-order valence-corrected chi connectivity index (χ0v) is 16.6. The molecule has 1 aliphatic heterocycles. The molecule has 7 nitrogen and oxygen atoms in total. The SMILES string of the molecule is COC(=O)c1ccc2nn(CC3CCN(C(=O)OC(C)(C)C)C3)cc2c1C. The number of ether oxygens (including phenoxy) is 2. The van der Waals surface area contributed by atoms with Crippen LogP contribution in [0.4, 0.5) is 4.79 Å². The molecule has 0 radical (unpaired) electrons. The highest BCUT2D eigenvalue weighted by molar-refractivity contribution is 5.97. The molecule has 1 unspecified atom stereocenters. The van der Waals surface area contributed by atoms with Crippen molar-refractivity contribution < 1.29 is 19.1 Å². The summed E-state index contributed by atoms with van der Waals surface area (Å²) in [6.45, 7) is 9.61. The summed E-state index contributed by atoms with van der Waals surface area (Å²) in [6.07, 6.45) is 2.63. The van der Waals surface area contributed by atoms with E-state index < -0.39 is 5.60 Å². The lowest BCUT2D eigenvalue weighted by molar-refractivity contribution is 0.0286. The predicted octanol–water partition coefficient (Wildman–Crippen LogP) is 3.39. The molecule has 1 atom stereocenters. The first-order chi connectivity index (χ1) is 12.7. The second kappa shape index (κ2) is 7.21. The van der Waals surface area contributed by atoms with Crippen molar-refractivity contribution in [1.82, 2.24) is 14.7 Å². The topological polar surface area (TPSA) is 73.7 Å². The van der Waals surface area contributed by atoms with Gasteiger partial charge in [-0.2, -0.15) is 5.10 Å². The second-order valence-corrected chi connectivity index (χ2v) is 8.09. The van der Waals surface area contributed by atoms with Crippen LogP contribution < -0.4 is 0 Å². The van der Waals surface area contributed by atoms with Gasteiger partial charge in [0, 0.05) is 31.2 Å². The molecule has 1 aromatic carbocycles. The summed E-state index contributed by atoms with van der Waals surface area (Å²) >= 11 is 0. The Morgan fingerprint density at radius 3 is 2.70 bits per heavy atom. The number of nitrogens with zero attached hydrogens (tertiary/aromatic N) is 3. The van der Waals surface area contributed by atoms with Crippen molar-refractivity contribution in [1.29, 1.82) is 0 Å². The number of aromatic nitrogens is 2. The fourth-order valence-electron chi connectivity index (χ4n) is 3.44. The zero-order chi connectivity index (χ0) is 19.8. The molecule has 2 heterocycles. The molecule has 0 spiro atoms. The van der Waals surface area contributed by atoms with Crippen LogP contribution in [0.5, 0.6) is 0 Å². The van der Waals surface area contributed by atoms with Crippen molar-refractivity contribution in [3.8, 4) is 0 Å². The Hall–Kier alpha value is -2.57. The average Bonchev–Trinajstić information content (AvgIpc) is 3.20. The summed E-state index contributed by atoms with van der Waals surface area (Å²) in [7, 11) is 1.38. The first kappa shape index (κ1) is 19.2. The van der Waals surface area contributed by atoms with Gasteiger partial charge in [-0.25, -0.2) is 9.59 Å². The van der Waals surface area contributed by atoms with E-state index in [2.05, 4.69) is 5.10 Å². The van der Waals surface area contributed by atoms with Gasteiger partial charge in [0.15, 0.2) is 0 Å². The van der Waals surface area contributed by atoms with Gasteiger partial charge < -0.3 is 14.4 Å². The largest absolute Gasteiger partial charge is 0.465 e. The maximum absolute atomic E-state index is 12.2. The molecular weight excluding hydrogens is 346 g/mol. The molecule has 0 N–H and O–H groups in total. The van der Waals surface area contributed by atoms with E-state index in [9.17, 15) is 9.59 Å². The maximum Gasteiger partial charge on any atom is 0.410 e. The number of carbonyl (C=O) groups is 2. The number of aryl methyl sites for hydroxylation is 1. The van der Waals surface area contributed by atoms with Crippen LogP contribution >= 0.6 is 0 Å². The molecule has 27 heavy (non-hydrogen) atoms. The van der Waals surface area contributed by atoms with Crippen LogP contribution in [0.25, 0.3) is 10.9 Å². The van der Waals surface area contributed by atoms with E-state index in [-0.39, 0.29) is 12.1 Å². The number of fused-ring (bicyclic) bond motifs is 1. The summed E-state index contributed by atoms with van der Waals surface area (Å²) in [6, 6.07) is 3.59. The number of esters is 1. The smallest absolute Gasteiger partial charge is 0.410 e. The minimum Gasteiger partial charge on any atom is -0.465 e. The standard InChI is InChI=1S/C20H27N3O4/c1-13-15(18(24)26-5)6-7-17-16(13)12-23(21-17)11-14-8-9-22(10-14)19(25)27-20(2,3)4/h6-7,12,14H,8-11H2,1-5H3. The average molecular weight is 373 g/mol. The van der Waals surface area contributed by atoms with Crippen LogP contribution in [0, 0.1) is 12.8 Å². The van der Waals surface area contributed by atoms with Gasteiger partial charge in [0.25, 0.3) is 0 Å². The van der Waals surface area contributed by atoms with E-state index in [1.807, 2.05) is 44.6 Å². The van der Waals surface area contributed by atoms with Gasteiger partial charge in [-0.15, -0.1) is 0 Å². The highest BCUT2D eigenvalue weighted by Gasteiger charge is 2.30. The zero-order valence-electron chi connectivity index (χ0n) is 16.6. The number of likely N-dealkylation sites (tertiary alicyclic amines) is 1. The van der Waals surface area contributed by atoms with Gasteiger partial charge in [0.05, 0.1) is 18.2 Å². The number of hydrogen-bond acceptors (Lipinski definition) is 5. The highest BCUT2D eigenvalue weighted by Crippen LogP contribution is 2.24. The van der Waals surface area contributed by atoms with E-state index in [0.29, 0.717) is 24.6 Å². The quantitative estimate of drug-likeness (QED) is 0.771. The van der Waals surface area contributed by atoms with Crippen molar-refractivity contribution in [3.63, 3.8) is 0 Å². The summed E-state index contributed by atoms with van der Waals surface area (Å²) in [5.74, 6) is -0.0156. The molecule has 1 aromatic heterocycles. The Kier molecular flexibility index (Phi) is 5.13. The molecule has 0 saturated carbocycles. The third-order valence-electron chi connectivity index (χ3n) is 4.79. The fourth-order valence-corrected chi connectivity index (χ4v) is 3.44. The first-order valence-corrected chi connectivity index (χ1v) is 9.21. The molecule has 2 aromatic rings. The van der Waals surface area contributed by atoms with Crippen molar-refractivity contribution in [2.75, 3.05) is 20.2 Å². The second-order valence-electron chi connectivity index (χ2n) is 8.09. The van der Waals surface area contributed by atoms with E-state index in [4.69, 9.17) is 9.47 Å². The molecule has 0 bridgehead atoms. The molecule has 1 fully saturated rings. The van der Waals surface area contributed by atoms with E-state index in [1.54, 1.807) is 11.0 Å². The molecule has 1 aliphatic rings. The predicted molar refractivity (Wildman–Crippen MR) is 102 cm³/mol. The number of carbonyl (C=O) groups excluding carboxylic acids is 2. The minimum atomic E-state index is -0.482. The summed E-state index contributed by atoms with van der Waals surface area (Å²) in [5, 5.41) is 5.57. The van der Waals surface area contributed by atoms with Crippen molar-refractivity contribution in [2.24, 2.45) is 5.92 Å². The molecule has 1 amide bonds. The number of hydrogen-bond donors (Lipinski definition) is 0. The third-order valence-corrected chi connectivity index (χ3v) is 4.79. The molecule has 0 aliphatic carbocycles. The molecular formula is C20H27N3O4. The van der Waals surface area contributed by atoms with Gasteiger partial charge in [-0.1, -0.05) is 0 Å². The van der Waals surface area contributed by atoms with Gasteiger partial charge >= 0.3 is 12.1 Å². The van der Waals surface area contributed by atoms with E-state index in [1.165, 1.54) is 7.11 Å². The van der Waals surface area contributed by atoms with Gasteiger partial charge in [-0.3, -0.25) is 4.68 Å². The van der Waals surface area contributed by atoms with E-state index >= 15 is 0 Å². The molecule has 1 saturated heterocycles. The lowest BCUT2D eigenvalue weighted by Crippen LogP contribution is -2.35. The number of rotatable bonds is 3. The summed E-state index contributed by atoms with van der Waals surface area (Å²) in [5.41, 5.74) is 1.79. The number of amides is 1. The molecule has 146 valence electrons. The monoisotopic (exact) mass is 373 g/mol. The van der Waals surface area contributed by atoms with Crippen LogP contribution in [0.3, 0.4) is 0 Å². The lowest BCUT2D eigenvalue weighted by Gasteiger charge is -2.24. The van der Waals surface area contributed by atoms with Crippen LogP contribution in [0.15, 0.2) is 18.3 Å². The maximum atomic E-state index is 12.2. The Bertz CT molecular complexity index is 866. The van der Waals surface area contributed by atoms with Crippen LogP contribution in [-0.4, -0.2) is 52.5 Å². The van der Waals surface area contributed by atoms with Gasteiger partial charge in [-0.05, 0) is 57.7 Å². The summed E-state index contributed by atoms with van der Waals surface area (Å²) in [4.78, 5) is 25.8. The fraction of sp³-hybridized carbons (Fsp3) is 0.550. The van der Waals surface area contributed by atoms with Gasteiger partial charge in [0.2, 0.25) is 0 Å². The third kappa shape index (κ3) is 4.23. The normalized spacial score (nSPS) is 17.4. The van der Waals surface area contributed by atoms with Crippen molar-refractivity contribution in [2.45, 2.75) is 46.3 Å². The van der Waals surface area contributed by atoms with Crippen LogP contribution in [-0.2, 0) is 16.0 Å². The molecule has 7 heteroatoms. The first-order valence-electron chi connectivity index (χ1n) is 9.21. The Morgan fingerprint density at radius 1 is 1.30 bits per heavy atom. The number of benzene rings is 1. The minimum absolute atomic E-state index is 0.255. The van der Waals surface area contributed by atoms with E-state index in [0.717, 1.165) is 29.4 Å². The summed E-state index contributed by atoms with van der Waals surface area (Å²) < 4.78 is 12.2. The van der Waals surface area contributed by atoms with Crippen LogP contribution in [0.1, 0.15) is 43.1 Å². The highest BCUT2D eigenvalue weighted by atomic mass is 16.6. The number of methoxy groups -OCH3 is 1. The lowest BCUT2D eigenvalue weighted by atomic mass is 10.1. The Balaban J connectivity index is 1.70. The van der Waals surface area contributed by atoms with Gasteiger partial charge in [0.1, 0.15) is 5.60 Å². The van der Waals surface area contributed by atoms with Crippen molar-refractivity contribution >= 4 is 23.0 Å². The van der Waals surface area contributed by atoms with Crippen molar-refractivity contribution in [3.05, 3.63) is 29.5 Å².